The molecule has 0 spiro atoms. The van der Waals surface area contributed by atoms with Crippen LogP contribution in [0.3, 0.4) is 0 Å². The predicted octanol–water partition coefficient (Wildman–Crippen LogP) is 2.35. The van der Waals surface area contributed by atoms with Gasteiger partial charge in [0, 0.05) is 17.0 Å². The number of aromatic amines is 1. The highest BCUT2D eigenvalue weighted by molar-refractivity contribution is 6.11. The van der Waals surface area contributed by atoms with Gasteiger partial charge in [-0.25, -0.2) is 5.84 Å². The summed E-state index contributed by atoms with van der Waals surface area (Å²) in [6.45, 7) is 0. The summed E-state index contributed by atoms with van der Waals surface area (Å²) in [5.74, 6) is 4.68. The molecule has 22 heavy (non-hydrogen) atoms. The minimum atomic E-state index is -0.538. The number of amides is 1. The van der Waals surface area contributed by atoms with E-state index in [1.54, 1.807) is 12.1 Å². The molecule has 0 aliphatic rings. The molecule has 0 bridgehead atoms. The van der Waals surface area contributed by atoms with Crippen molar-refractivity contribution in [3.8, 4) is 11.1 Å². The van der Waals surface area contributed by atoms with Crippen LogP contribution >= 0.6 is 0 Å². The molecule has 7 heteroatoms. The van der Waals surface area contributed by atoms with Gasteiger partial charge in [-0.1, -0.05) is 42.5 Å². The summed E-state index contributed by atoms with van der Waals surface area (Å²) in [5, 5.41) is 11.8. The third kappa shape index (κ3) is 2.09. The first kappa shape index (κ1) is 13.8. The van der Waals surface area contributed by atoms with Crippen molar-refractivity contribution in [2.75, 3.05) is 0 Å². The molecule has 0 unspecified atom stereocenters. The number of nitrogen functional groups attached to an aromatic ring is 1. The van der Waals surface area contributed by atoms with Gasteiger partial charge >= 0.3 is 0 Å². The highest BCUT2D eigenvalue weighted by Crippen LogP contribution is 2.36. The fraction of sp³-hybridized carbons (Fsp3) is 0. The maximum atomic E-state index is 12.0. The summed E-state index contributed by atoms with van der Waals surface area (Å²) in [6.07, 6.45) is 0. The monoisotopic (exact) mass is 296 g/mol. The Kier molecular flexibility index (Phi) is 3.32. The van der Waals surface area contributed by atoms with Gasteiger partial charge in [-0.2, -0.15) is 0 Å². The van der Waals surface area contributed by atoms with Gasteiger partial charge in [0.15, 0.2) is 0 Å². The van der Waals surface area contributed by atoms with Crippen molar-refractivity contribution in [2.45, 2.75) is 0 Å². The average Bonchev–Trinajstić information content (AvgIpc) is 2.94. The minimum absolute atomic E-state index is 0.0919. The molecule has 0 aliphatic carbocycles. The summed E-state index contributed by atoms with van der Waals surface area (Å²) in [4.78, 5) is 25.5. The molecule has 0 aliphatic heterocycles. The highest BCUT2D eigenvalue weighted by Gasteiger charge is 2.23. The zero-order valence-electron chi connectivity index (χ0n) is 11.4. The van der Waals surface area contributed by atoms with E-state index in [1.807, 2.05) is 30.3 Å². The number of nitro groups is 1. The first-order valence-electron chi connectivity index (χ1n) is 6.49. The van der Waals surface area contributed by atoms with E-state index in [2.05, 4.69) is 10.4 Å². The molecule has 1 aromatic heterocycles. The number of hydrazine groups is 1. The van der Waals surface area contributed by atoms with Gasteiger partial charge in [-0.05, 0) is 5.56 Å². The Labute approximate surface area is 124 Å². The standard InChI is InChI=1S/C15H12N4O3/c16-18-15(20)14-12(9-5-2-1-3-6-9)10-7-4-8-11(19(21)22)13(10)17-14/h1-8,17H,16H2,(H,18,20). The second-order valence-electron chi connectivity index (χ2n) is 4.67. The summed E-state index contributed by atoms with van der Waals surface area (Å²) in [6, 6.07) is 13.9. The van der Waals surface area contributed by atoms with Gasteiger partial charge < -0.3 is 4.98 Å². The smallest absolute Gasteiger partial charge is 0.293 e. The maximum Gasteiger partial charge on any atom is 0.293 e. The number of H-pyrrole nitrogens is 1. The number of nitrogens with zero attached hydrogens (tertiary/aromatic N) is 1. The number of para-hydroxylation sites is 1. The van der Waals surface area contributed by atoms with Crippen molar-refractivity contribution in [3.05, 3.63) is 64.3 Å². The van der Waals surface area contributed by atoms with Crippen molar-refractivity contribution >= 4 is 22.5 Å². The highest BCUT2D eigenvalue weighted by atomic mass is 16.6. The molecule has 0 atom stereocenters. The number of hydrogen-bond acceptors (Lipinski definition) is 4. The number of hydrogen-bond donors (Lipinski definition) is 3. The molecule has 7 nitrogen and oxygen atoms in total. The Bertz CT molecular complexity index is 871. The summed E-state index contributed by atoms with van der Waals surface area (Å²) in [7, 11) is 0. The Morgan fingerprint density at radius 3 is 2.50 bits per heavy atom. The second kappa shape index (κ2) is 5.30. The minimum Gasteiger partial charge on any atom is -0.344 e. The van der Waals surface area contributed by atoms with E-state index in [9.17, 15) is 14.9 Å². The van der Waals surface area contributed by atoms with Crippen molar-refractivity contribution in [3.63, 3.8) is 0 Å². The van der Waals surface area contributed by atoms with Crippen LogP contribution in [0.15, 0.2) is 48.5 Å². The fourth-order valence-corrected chi connectivity index (χ4v) is 2.50. The maximum absolute atomic E-state index is 12.0. The number of carbonyl (C=O) groups is 1. The lowest BCUT2D eigenvalue weighted by Gasteiger charge is -2.03. The molecule has 4 N–H and O–H groups in total. The number of nitrogens with two attached hydrogens (primary N) is 1. The molecule has 2 aromatic carbocycles. The van der Waals surface area contributed by atoms with Crippen LogP contribution in [-0.4, -0.2) is 15.8 Å². The number of rotatable bonds is 3. The normalized spacial score (nSPS) is 10.6. The molecule has 0 saturated carbocycles. The molecule has 0 saturated heterocycles. The van der Waals surface area contributed by atoms with Gasteiger partial charge in [0.1, 0.15) is 11.2 Å². The van der Waals surface area contributed by atoms with Crippen molar-refractivity contribution in [1.82, 2.24) is 10.4 Å². The van der Waals surface area contributed by atoms with E-state index in [1.165, 1.54) is 6.07 Å². The number of nitrogens with one attached hydrogen (secondary N) is 2. The summed E-state index contributed by atoms with van der Waals surface area (Å²) < 4.78 is 0. The van der Waals surface area contributed by atoms with E-state index >= 15 is 0 Å². The van der Waals surface area contributed by atoms with Crippen LogP contribution < -0.4 is 11.3 Å². The number of non-ortho nitro benzene ring substituents is 1. The third-order valence-corrected chi connectivity index (χ3v) is 3.43. The number of nitro benzene ring substituents is 1. The lowest BCUT2D eigenvalue weighted by Crippen LogP contribution is -2.30. The zero-order chi connectivity index (χ0) is 15.7. The fourth-order valence-electron chi connectivity index (χ4n) is 2.50. The van der Waals surface area contributed by atoms with Crippen LogP contribution in [0.5, 0.6) is 0 Å². The first-order valence-corrected chi connectivity index (χ1v) is 6.49. The SMILES string of the molecule is NNC(=O)c1[nH]c2c([N+](=O)[O-])cccc2c1-c1ccccc1. The molecule has 110 valence electrons. The molecule has 0 fully saturated rings. The summed E-state index contributed by atoms with van der Waals surface area (Å²) in [5.41, 5.74) is 3.81. The lowest BCUT2D eigenvalue weighted by atomic mass is 10.0. The van der Waals surface area contributed by atoms with Gasteiger partial charge in [-0.15, -0.1) is 0 Å². The van der Waals surface area contributed by atoms with Crippen LogP contribution in [0.4, 0.5) is 5.69 Å². The Morgan fingerprint density at radius 2 is 1.86 bits per heavy atom. The van der Waals surface area contributed by atoms with Crippen molar-refractivity contribution < 1.29 is 9.72 Å². The van der Waals surface area contributed by atoms with E-state index in [-0.39, 0.29) is 11.4 Å². The molecule has 1 heterocycles. The van der Waals surface area contributed by atoms with Crippen molar-refractivity contribution in [1.29, 1.82) is 0 Å². The molecular weight excluding hydrogens is 284 g/mol. The van der Waals surface area contributed by atoms with E-state index in [0.717, 1.165) is 5.56 Å². The van der Waals surface area contributed by atoms with E-state index in [0.29, 0.717) is 16.5 Å². The van der Waals surface area contributed by atoms with Gasteiger partial charge in [-0.3, -0.25) is 20.3 Å². The second-order valence-corrected chi connectivity index (χ2v) is 4.67. The Hall–Kier alpha value is -3.19. The van der Waals surface area contributed by atoms with Crippen LogP contribution in [0.2, 0.25) is 0 Å². The van der Waals surface area contributed by atoms with Crippen molar-refractivity contribution in [2.24, 2.45) is 5.84 Å². The van der Waals surface area contributed by atoms with Gasteiger partial charge in [0.2, 0.25) is 0 Å². The predicted molar refractivity (Wildman–Crippen MR) is 82.0 cm³/mol. The van der Waals surface area contributed by atoms with Crippen LogP contribution in [0, 0.1) is 10.1 Å². The van der Waals surface area contributed by atoms with Gasteiger partial charge in [0.05, 0.1) is 4.92 Å². The number of aromatic nitrogens is 1. The zero-order valence-corrected chi connectivity index (χ0v) is 11.4. The van der Waals surface area contributed by atoms with Crippen LogP contribution in [0.25, 0.3) is 22.0 Å². The van der Waals surface area contributed by atoms with Crippen LogP contribution in [-0.2, 0) is 0 Å². The lowest BCUT2D eigenvalue weighted by molar-refractivity contribution is -0.383. The number of benzene rings is 2. The van der Waals surface area contributed by atoms with E-state index in [4.69, 9.17) is 5.84 Å². The Balaban J connectivity index is 2.40. The largest absolute Gasteiger partial charge is 0.344 e. The van der Waals surface area contributed by atoms with Crippen LogP contribution in [0.1, 0.15) is 10.5 Å². The molecule has 3 aromatic rings. The summed E-state index contributed by atoms with van der Waals surface area (Å²) >= 11 is 0. The molecule has 1 amide bonds. The molecular formula is C15H12N4O3. The number of carbonyl (C=O) groups excluding carboxylic acids is 1. The first-order chi connectivity index (χ1) is 10.6. The molecule has 0 radical (unpaired) electrons. The topological polar surface area (TPSA) is 114 Å². The molecule has 3 rings (SSSR count). The average molecular weight is 296 g/mol. The third-order valence-electron chi connectivity index (χ3n) is 3.43. The van der Waals surface area contributed by atoms with E-state index < -0.39 is 10.8 Å². The Morgan fingerprint density at radius 1 is 1.14 bits per heavy atom. The number of fused-ring (bicyclic) bond motifs is 1. The quantitative estimate of drug-likeness (QED) is 0.298. The van der Waals surface area contributed by atoms with Gasteiger partial charge in [0.25, 0.3) is 11.6 Å².